The van der Waals surface area contributed by atoms with Gasteiger partial charge in [0.1, 0.15) is 11.9 Å². The van der Waals surface area contributed by atoms with E-state index in [1.54, 1.807) is 16.7 Å². The van der Waals surface area contributed by atoms with E-state index < -0.39 is 0 Å². The van der Waals surface area contributed by atoms with Gasteiger partial charge in [-0.1, -0.05) is 134 Å². The third-order valence-corrected chi connectivity index (χ3v) is 17.0. The van der Waals surface area contributed by atoms with Gasteiger partial charge in [0.05, 0.1) is 12.0 Å². The molecule has 10 aliphatic rings. The van der Waals surface area contributed by atoms with Gasteiger partial charge in [0, 0.05) is 28.6 Å². The largest absolute Gasteiger partial charge is 0.485 e. The molecule has 13 unspecified atom stereocenters. The van der Waals surface area contributed by atoms with Gasteiger partial charge < -0.3 is 9.64 Å². The SMILES string of the molecule is CC1C=CCC2C1C1C=CC(C3C=CCCC3)=CC1C21c2ccccc2C2C=CC(N(C3=CCC(c4ccccc4)CC3)C3=CC=CC4OC5=C(CCC=C5)C34)CC21. The number of hydrogen-bond donors (Lipinski definition) is 0. The molecule has 0 N–H and O–H groups in total. The third kappa shape index (κ3) is 5.28. The zero-order valence-electron chi connectivity index (χ0n) is 34.2. The summed E-state index contributed by atoms with van der Waals surface area (Å²) >= 11 is 0. The fourth-order valence-electron chi connectivity index (χ4n) is 14.7. The van der Waals surface area contributed by atoms with Crippen molar-refractivity contribution in [2.24, 2.45) is 47.3 Å². The van der Waals surface area contributed by atoms with E-state index in [1.807, 2.05) is 0 Å². The summed E-state index contributed by atoms with van der Waals surface area (Å²) in [5.41, 5.74) is 11.0. The lowest BCUT2D eigenvalue weighted by atomic mass is 9.56. The molecular weight excluding hydrogens is 703 g/mol. The Hall–Kier alpha value is -4.56. The fraction of sp³-hybridized carbons (Fsp3) is 0.429. The van der Waals surface area contributed by atoms with Crippen LogP contribution in [-0.4, -0.2) is 17.0 Å². The molecule has 0 amide bonds. The van der Waals surface area contributed by atoms with Crippen LogP contribution in [0.2, 0.25) is 0 Å². The number of nitrogens with zero attached hydrogens (tertiary/aromatic N) is 1. The highest BCUT2D eigenvalue weighted by atomic mass is 16.5. The minimum atomic E-state index is 0.0807. The molecule has 2 aromatic rings. The van der Waals surface area contributed by atoms with Crippen LogP contribution in [0.25, 0.3) is 0 Å². The van der Waals surface area contributed by atoms with E-state index in [0.717, 1.165) is 31.4 Å². The van der Waals surface area contributed by atoms with E-state index in [1.165, 1.54) is 61.1 Å². The summed E-state index contributed by atoms with van der Waals surface area (Å²) in [6.07, 6.45) is 49.9. The molecule has 0 radical (unpaired) electrons. The molecule has 1 heterocycles. The Morgan fingerprint density at radius 1 is 0.793 bits per heavy atom. The summed E-state index contributed by atoms with van der Waals surface area (Å²) in [7, 11) is 0. The van der Waals surface area contributed by atoms with E-state index >= 15 is 0 Å². The third-order valence-electron chi connectivity index (χ3n) is 17.0. The van der Waals surface area contributed by atoms with E-state index in [9.17, 15) is 0 Å². The molecule has 0 saturated heterocycles. The average molecular weight is 762 g/mol. The first-order chi connectivity index (χ1) is 28.7. The molecular formula is C56H59NO. The predicted molar refractivity (Wildman–Crippen MR) is 236 cm³/mol. The van der Waals surface area contributed by atoms with Crippen molar-refractivity contribution < 1.29 is 4.74 Å². The lowest BCUT2D eigenvalue weighted by Gasteiger charge is -2.50. The van der Waals surface area contributed by atoms with Crippen LogP contribution >= 0.6 is 0 Å². The maximum absolute atomic E-state index is 6.75. The second-order valence-corrected chi connectivity index (χ2v) is 19.5. The van der Waals surface area contributed by atoms with Crippen molar-refractivity contribution in [1.82, 2.24) is 4.90 Å². The first-order valence-corrected chi connectivity index (χ1v) is 23.2. The molecule has 13 atom stereocenters. The van der Waals surface area contributed by atoms with Crippen LogP contribution in [0.5, 0.6) is 0 Å². The second kappa shape index (κ2) is 14.0. The summed E-state index contributed by atoms with van der Waals surface area (Å²) in [5, 5.41) is 0. The molecule has 9 aliphatic carbocycles. The fourth-order valence-corrected chi connectivity index (χ4v) is 14.7. The minimum absolute atomic E-state index is 0.0807. The van der Waals surface area contributed by atoms with Crippen molar-refractivity contribution in [2.45, 2.75) is 101 Å². The second-order valence-electron chi connectivity index (χ2n) is 19.5. The summed E-state index contributed by atoms with van der Waals surface area (Å²) in [5.74, 6) is 6.54. The Bertz CT molecular complexity index is 2290. The van der Waals surface area contributed by atoms with Gasteiger partial charge in [-0.25, -0.2) is 0 Å². The van der Waals surface area contributed by atoms with Gasteiger partial charge in [-0.05, 0) is 152 Å². The van der Waals surface area contributed by atoms with E-state index in [-0.39, 0.29) is 17.4 Å². The van der Waals surface area contributed by atoms with Crippen molar-refractivity contribution in [3.8, 4) is 0 Å². The molecule has 1 fully saturated rings. The van der Waals surface area contributed by atoms with E-state index in [2.05, 4.69) is 158 Å². The zero-order chi connectivity index (χ0) is 38.4. The van der Waals surface area contributed by atoms with Gasteiger partial charge in [0.25, 0.3) is 0 Å². The lowest BCUT2D eigenvalue weighted by Crippen LogP contribution is -2.48. The van der Waals surface area contributed by atoms with Crippen LogP contribution in [0.3, 0.4) is 0 Å². The minimum Gasteiger partial charge on any atom is -0.485 e. The normalized spacial score (nSPS) is 39.8. The van der Waals surface area contributed by atoms with Gasteiger partial charge in [0.15, 0.2) is 0 Å². The van der Waals surface area contributed by atoms with Crippen LogP contribution in [0.15, 0.2) is 174 Å². The van der Waals surface area contributed by atoms with Gasteiger partial charge in [0.2, 0.25) is 0 Å². The molecule has 2 heteroatoms. The number of fused-ring (bicyclic) bond motifs is 12. The molecule has 1 spiro atoms. The lowest BCUT2D eigenvalue weighted by molar-refractivity contribution is 0.108. The van der Waals surface area contributed by atoms with Crippen molar-refractivity contribution in [2.75, 3.05) is 0 Å². The first kappa shape index (κ1) is 35.4. The summed E-state index contributed by atoms with van der Waals surface area (Å²) in [4.78, 5) is 2.89. The summed E-state index contributed by atoms with van der Waals surface area (Å²) in [6, 6.07) is 21.4. The van der Waals surface area contributed by atoms with Crippen molar-refractivity contribution in [1.29, 1.82) is 0 Å². The van der Waals surface area contributed by atoms with Crippen LogP contribution in [-0.2, 0) is 10.2 Å². The van der Waals surface area contributed by atoms with Crippen LogP contribution in [0.4, 0.5) is 0 Å². The Labute approximate surface area is 346 Å². The van der Waals surface area contributed by atoms with Crippen molar-refractivity contribution in [3.05, 3.63) is 191 Å². The number of hydrogen-bond acceptors (Lipinski definition) is 2. The topological polar surface area (TPSA) is 12.5 Å². The Morgan fingerprint density at radius 2 is 1.71 bits per heavy atom. The standard InChI is InChI=1S/C56H59NO/c1-36-14-12-22-48-54(36)45-32-28-40(38-17-6-3-7-18-38)34-49(45)56(48)47-21-10-8-19-43(47)44-33-31-42(35-50(44)56)57(41-29-26-39(27-30-41)37-15-4-2-5-16-37)51-23-13-25-53-55(51)46-20-9-11-24-52(46)58-53/h2,4-6,8,10-17,19,21,23-25,28-29,31-34,36,38-39,42,44-45,48-50,53-55H,3,7,9,18,20,22,26-27,30,35H2,1H3. The Morgan fingerprint density at radius 3 is 2.59 bits per heavy atom. The molecule has 58 heavy (non-hydrogen) atoms. The molecule has 0 bridgehead atoms. The van der Waals surface area contributed by atoms with E-state index in [4.69, 9.17) is 4.74 Å². The Balaban J connectivity index is 0.988. The molecule has 12 rings (SSSR count). The summed E-state index contributed by atoms with van der Waals surface area (Å²) < 4.78 is 6.75. The number of allylic oxidation sites excluding steroid dienone is 15. The maximum Gasteiger partial charge on any atom is 0.129 e. The van der Waals surface area contributed by atoms with Gasteiger partial charge in [-0.3, -0.25) is 0 Å². The predicted octanol–water partition coefficient (Wildman–Crippen LogP) is 13.1. The number of rotatable bonds is 5. The average Bonchev–Trinajstić information content (AvgIpc) is 3.92. The number of ether oxygens (including phenoxy) is 1. The highest BCUT2D eigenvalue weighted by Gasteiger charge is 2.68. The molecule has 294 valence electrons. The highest BCUT2D eigenvalue weighted by molar-refractivity contribution is 5.54. The van der Waals surface area contributed by atoms with Crippen LogP contribution in [0, 0.1) is 47.3 Å². The zero-order valence-corrected chi connectivity index (χ0v) is 34.2. The first-order valence-electron chi connectivity index (χ1n) is 23.2. The van der Waals surface area contributed by atoms with Crippen molar-refractivity contribution in [3.63, 3.8) is 0 Å². The van der Waals surface area contributed by atoms with E-state index in [0.29, 0.717) is 59.3 Å². The summed E-state index contributed by atoms with van der Waals surface area (Å²) in [6.45, 7) is 2.54. The molecule has 1 saturated carbocycles. The molecule has 2 aromatic carbocycles. The highest BCUT2D eigenvalue weighted by Crippen LogP contribution is 2.72. The number of benzene rings is 2. The monoisotopic (exact) mass is 761 g/mol. The van der Waals surface area contributed by atoms with Gasteiger partial charge >= 0.3 is 0 Å². The molecule has 2 nitrogen and oxygen atoms in total. The van der Waals surface area contributed by atoms with Crippen LogP contribution < -0.4 is 0 Å². The van der Waals surface area contributed by atoms with Crippen LogP contribution in [0.1, 0.15) is 99.7 Å². The quantitative estimate of drug-likeness (QED) is 0.281. The molecule has 1 aliphatic heterocycles. The Kier molecular flexibility index (Phi) is 8.56. The van der Waals surface area contributed by atoms with Crippen molar-refractivity contribution >= 4 is 0 Å². The van der Waals surface area contributed by atoms with Gasteiger partial charge in [-0.2, -0.15) is 0 Å². The smallest absolute Gasteiger partial charge is 0.129 e. The molecule has 0 aromatic heterocycles. The maximum atomic E-state index is 6.75. The van der Waals surface area contributed by atoms with Gasteiger partial charge in [-0.15, -0.1) is 0 Å².